The summed E-state index contributed by atoms with van der Waals surface area (Å²) in [6.45, 7) is 34.6. The molecule has 368 valence electrons. The van der Waals surface area contributed by atoms with E-state index >= 15 is 0 Å². The van der Waals surface area contributed by atoms with Crippen molar-refractivity contribution in [3.63, 3.8) is 0 Å². The van der Waals surface area contributed by atoms with E-state index in [-0.39, 0.29) is 33.8 Å². The van der Waals surface area contributed by atoms with Crippen LogP contribution in [0.2, 0.25) is 0 Å². The number of benzene rings is 8. The van der Waals surface area contributed by atoms with E-state index in [2.05, 4.69) is 282 Å². The fourth-order valence-electron chi connectivity index (χ4n) is 11.3. The minimum Gasteiger partial charge on any atom is -0.454 e. The molecule has 0 aliphatic carbocycles. The maximum absolute atomic E-state index is 6.95. The quantitative estimate of drug-likeness (QED) is 0.160. The van der Waals surface area contributed by atoms with Crippen LogP contribution in [0.5, 0.6) is 0 Å². The van der Waals surface area contributed by atoms with Gasteiger partial charge in [0.15, 0.2) is 5.58 Å². The van der Waals surface area contributed by atoms with Crippen molar-refractivity contribution in [1.29, 1.82) is 0 Å². The summed E-state index contributed by atoms with van der Waals surface area (Å²) in [6, 6.07) is 62.5. The van der Waals surface area contributed by atoms with Crippen molar-refractivity contribution in [2.45, 2.75) is 131 Å². The molecule has 3 heterocycles. The van der Waals surface area contributed by atoms with Crippen LogP contribution in [0.4, 0.5) is 51.2 Å². The van der Waals surface area contributed by atoms with Gasteiger partial charge in [0.05, 0.1) is 11.4 Å². The Morgan fingerprint density at radius 1 is 0.370 bits per heavy atom. The summed E-state index contributed by atoms with van der Waals surface area (Å²) in [5.41, 5.74) is 22.2. The monoisotopic (exact) mass is 958 g/mol. The molecule has 73 heavy (non-hydrogen) atoms. The molecule has 1 aromatic heterocycles. The number of para-hydroxylation sites is 2. The van der Waals surface area contributed by atoms with E-state index in [1.807, 2.05) is 0 Å². The van der Waals surface area contributed by atoms with Crippen molar-refractivity contribution in [3.05, 3.63) is 192 Å². The average molecular weight is 958 g/mol. The first kappa shape index (κ1) is 48.3. The molecule has 8 aromatic carbocycles. The van der Waals surface area contributed by atoms with Crippen molar-refractivity contribution < 1.29 is 4.42 Å². The Hall–Kier alpha value is -6.98. The number of nitrogens with zero attached hydrogens (tertiary/aromatic N) is 3. The van der Waals surface area contributed by atoms with Crippen molar-refractivity contribution in [2.75, 3.05) is 14.7 Å². The Kier molecular flexibility index (Phi) is 11.1. The van der Waals surface area contributed by atoms with Gasteiger partial charge in [-0.2, -0.15) is 0 Å². The fraction of sp³-hybridized carbons (Fsp3) is 0.294. The van der Waals surface area contributed by atoms with Gasteiger partial charge in [-0.15, -0.1) is 0 Å². The summed E-state index contributed by atoms with van der Waals surface area (Å²) in [5.74, 6) is 0. The van der Waals surface area contributed by atoms with E-state index in [4.69, 9.17) is 4.42 Å². The lowest BCUT2D eigenvalue weighted by Crippen LogP contribution is -2.61. The zero-order chi connectivity index (χ0) is 51.7. The highest BCUT2D eigenvalue weighted by Crippen LogP contribution is 2.50. The maximum atomic E-state index is 6.95. The molecule has 0 unspecified atom stereocenters. The van der Waals surface area contributed by atoms with E-state index in [9.17, 15) is 0 Å². The van der Waals surface area contributed by atoms with Crippen LogP contribution in [-0.2, 0) is 27.1 Å². The van der Waals surface area contributed by atoms with E-state index in [1.165, 1.54) is 55.6 Å². The first-order valence-electron chi connectivity index (χ1n) is 26.5. The van der Waals surface area contributed by atoms with Gasteiger partial charge in [0.25, 0.3) is 6.71 Å². The van der Waals surface area contributed by atoms with Crippen LogP contribution in [0.1, 0.15) is 132 Å². The van der Waals surface area contributed by atoms with Crippen molar-refractivity contribution >= 4 is 96.2 Å². The normalized spacial score (nSPS) is 13.9. The first-order chi connectivity index (χ1) is 34.4. The summed E-state index contributed by atoms with van der Waals surface area (Å²) >= 11 is 0. The molecule has 0 saturated carbocycles. The van der Waals surface area contributed by atoms with Crippen LogP contribution in [0.25, 0.3) is 21.9 Å². The minimum atomic E-state index is -0.0620. The molecule has 0 spiro atoms. The van der Waals surface area contributed by atoms with Gasteiger partial charge in [0, 0.05) is 50.6 Å². The summed E-state index contributed by atoms with van der Waals surface area (Å²) < 4.78 is 6.95. The standard InChI is InChI=1S/C68H72BN3O/c1-64(2,3)43-23-31-48(32-24-43)70(58-21-18-20-53-52-19-16-17-22-61(52)73-63(53)58)51-41-59-62-60(42-51)72(50-35-27-45(28-36-50)66(7,8)9)57-38-30-47(68(13,14)15)40-55(57)69(62)54-39-46(67(10,11)12)29-37-56(54)71(59)49-33-25-44(26-34-49)65(4,5)6/h16-42H,1-15H3. The second kappa shape index (κ2) is 16.8. The fourth-order valence-corrected chi connectivity index (χ4v) is 11.3. The molecule has 0 amide bonds. The Bertz CT molecular complexity index is 3440. The van der Waals surface area contributed by atoms with Gasteiger partial charge >= 0.3 is 0 Å². The van der Waals surface area contributed by atoms with E-state index < -0.39 is 0 Å². The number of fused-ring (bicyclic) bond motifs is 7. The molecule has 2 aliphatic heterocycles. The summed E-state index contributed by atoms with van der Waals surface area (Å²) in [7, 11) is 0. The number of anilines is 9. The molecule has 0 atom stereocenters. The predicted molar refractivity (Wildman–Crippen MR) is 316 cm³/mol. The third kappa shape index (κ3) is 8.34. The molecular formula is C68H72BN3O. The van der Waals surface area contributed by atoms with Crippen LogP contribution in [-0.4, -0.2) is 6.71 Å². The molecule has 11 rings (SSSR count). The lowest BCUT2D eigenvalue weighted by atomic mass is 9.33. The third-order valence-corrected chi connectivity index (χ3v) is 15.6. The van der Waals surface area contributed by atoms with Gasteiger partial charge in [-0.05, 0) is 144 Å². The summed E-state index contributed by atoms with van der Waals surface area (Å²) in [6.07, 6.45) is 0. The first-order valence-corrected chi connectivity index (χ1v) is 26.5. The number of hydrogen-bond acceptors (Lipinski definition) is 4. The van der Waals surface area contributed by atoms with Gasteiger partial charge in [-0.3, -0.25) is 0 Å². The smallest absolute Gasteiger partial charge is 0.252 e. The molecule has 9 aromatic rings. The van der Waals surface area contributed by atoms with Gasteiger partial charge in [0.1, 0.15) is 5.58 Å². The minimum absolute atomic E-state index is 0.00233. The average Bonchev–Trinajstić information content (AvgIpc) is 3.72. The molecule has 4 nitrogen and oxygen atoms in total. The van der Waals surface area contributed by atoms with E-state index in [0.717, 1.165) is 61.8 Å². The number of rotatable bonds is 5. The Labute approximate surface area is 435 Å². The number of furan rings is 1. The highest BCUT2D eigenvalue weighted by Gasteiger charge is 2.45. The molecular weight excluding hydrogens is 886 g/mol. The largest absolute Gasteiger partial charge is 0.454 e. The van der Waals surface area contributed by atoms with E-state index in [1.54, 1.807) is 0 Å². The van der Waals surface area contributed by atoms with Crippen LogP contribution < -0.4 is 31.1 Å². The van der Waals surface area contributed by atoms with Crippen LogP contribution in [0.15, 0.2) is 168 Å². The Morgan fingerprint density at radius 3 is 1.23 bits per heavy atom. The van der Waals surface area contributed by atoms with Crippen LogP contribution >= 0.6 is 0 Å². The zero-order valence-electron chi connectivity index (χ0n) is 45.9. The number of hydrogen-bond donors (Lipinski definition) is 0. The summed E-state index contributed by atoms with van der Waals surface area (Å²) in [5, 5.41) is 2.20. The summed E-state index contributed by atoms with van der Waals surface area (Å²) in [4.78, 5) is 7.57. The highest BCUT2D eigenvalue weighted by molar-refractivity contribution is 7.00. The molecule has 0 bridgehead atoms. The molecule has 5 heteroatoms. The van der Waals surface area contributed by atoms with Gasteiger partial charge in [-0.1, -0.05) is 195 Å². The van der Waals surface area contributed by atoms with E-state index in [0.29, 0.717) is 0 Å². The topological polar surface area (TPSA) is 22.9 Å². The third-order valence-electron chi connectivity index (χ3n) is 15.6. The van der Waals surface area contributed by atoms with Gasteiger partial charge < -0.3 is 19.1 Å². The highest BCUT2D eigenvalue weighted by atomic mass is 16.3. The Balaban J connectivity index is 1.29. The van der Waals surface area contributed by atoms with Crippen LogP contribution in [0, 0.1) is 0 Å². The molecule has 0 N–H and O–H groups in total. The molecule has 0 fully saturated rings. The SMILES string of the molecule is CC(C)(C)c1ccc(N2c3ccc(C(C)(C)C)cc3B3c4cc(C(C)(C)C)ccc4N(c4ccc(C(C)(C)C)cc4)c4cc(N(c5ccc(C(C)(C)C)cc5)c5cccc6c5oc5ccccc56)cc2c43)cc1. The predicted octanol–water partition coefficient (Wildman–Crippen LogP) is 17.6. The van der Waals surface area contributed by atoms with Crippen molar-refractivity contribution in [1.82, 2.24) is 0 Å². The molecule has 0 radical (unpaired) electrons. The molecule has 2 aliphatic rings. The maximum Gasteiger partial charge on any atom is 0.252 e. The van der Waals surface area contributed by atoms with Crippen molar-refractivity contribution in [3.8, 4) is 0 Å². The van der Waals surface area contributed by atoms with Gasteiger partial charge in [0.2, 0.25) is 0 Å². The van der Waals surface area contributed by atoms with Crippen LogP contribution in [0.3, 0.4) is 0 Å². The van der Waals surface area contributed by atoms with Gasteiger partial charge in [-0.25, -0.2) is 0 Å². The molecule has 0 saturated heterocycles. The second-order valence-electron chi connectivity index (χ2n) is 26.0. The lowest BCUT2D eigenvalue weighted by Gasteiger charge is -2.45. The van der Waals surface area contributed by atoms with Crippen molar-refractivity contribution in [2.24, 2.45) is 0 Å². The lowest BCUT2D eigenvalue weighted by molar-refractivity contribution is 0.590. The zero-order valence-corrected chi connectivity index (χ0v) is 45.9. The second-order valence-corrected chi connectivity index (χ2v) is 26.0. The Morgan fingerprint density at radius 2 is 0.781 bits per heavy atom.